The average molecular weight is 242 g/mol. The average Bonchev–Trinajstić information content (AvgIpc) is 3.08. The first-order valence-electron chi connectivity index (χ1n) is 5.53. The van der Waals surface area contributed by atoms with Crippen LogP contribution in [0.25, 0.3) is 0 Å². The van der Waals surface area contributed by atoms with E-state index in [1.165, 1.54) is 12.8 Å². The van der Waals surface area contributed by atoms with Crippen molar-refractivity contribution < 1.29 is 10.2 Å². The van der Waals surface area contributed by atoms with Gasteiger partial charge < -0.3 is 15.5 Å². The lowest BCUT2D eigenvalue weighted by Gasteiger charge is -2.17. The summed E-state index contributed by atoms with van der Waals surface area (Å²) in [6.07, 6.45) is 2.56. The standard InChI is InChI=1S/C12H16ClNO2/c13-10-5-9(3-4-12(10)16)11(7-15)14-6-8-1-2-8/h3-5,8,11,14-16H,1-2,6-7H2. The first-order valence-corrected chi connectivity index (χ1v) is 5.91. The summed E-state index contributed by atoms with van der Waals surface area (Å²) in [5, 5.41) is 22.2. The first kappa shape index (κ1) is 11.7. The van der Waals surface area contributed by atoms with Crippen LogP contribution < -0.4 is 5.32 Å². The van der Waals surface area contributed by atoms with Crippen molar-refractivity contribution in [3.63, 3.8) is 0 Å². The van der Waals surface area contributed by atoms with Crippen LogP contribution in [0.2, 0.25) is 5.02 Å². The van der Waals surface area contributed by atoms with Crippen LogP contribution >= 0.6 is 11.6 Å². The van der Waals surface area contributed by atoms with Crippen LogP contribution in [-0.4, -0.2) is 23.4 Å². The van der Waals surface area contributed by atoms with Crippen LogP contribution in [0.4, 0.5) is 0 Å². The number of halogens is 1. The summed E-state index contributed by atoms with van der Waals surface area (Å²) in [5.41, 5.74) is 0.908. The molecule has 4 heteroatoms. The molecule has 0 aromatic heterocycles. The van der Waals surface area contributed by atoms with Gasteiger partial charge in [-0.25, -0.2) is 0 Å². The molecule has 1 aromatic carbocycles. The summed E-state index contributed by atoms with van der Waals surface area (Å²) < 4.78 is 0. The second-order valence-electron chi connectivity index (χ2n) is 4.30. The molecule has 1 aliphatic carbocycles. The molecule has 1 aromatic rings. The van der Waals surface area contributed by atoms with Crippen LogP contribution in [0.3, 0.4) is 0 Å². The normalized spacial score (nSPS) is 17.4. The molecule has 1 atom stereocenters. The SMILES string of the molecule is OCC(NCC1CC1)c1ccc(O)c(Cl)c1. The van der Waals surface area contributed by atoms with Gasteiger partial charge in [-0.2, -0.15) is 0 Å². The van der Waals surface area contributed by atoms with Crippen LogP contribution in [0.15, 0.2) is 18.2 Å². The molecule has 0 saturated heterocycles. The van der Waals surface area contributed by atoms with E-state index in [0.717, 1.165) is 18.0 Å². The van der Waals surface area contributed by atoms with Crippen molar-refractivity contribution in [1.82, 2.24) is 5.32 Å². The van der Waals surface area contributed by atoms with Gasteiger partial charge in [0.1, 0.15) is 5.75 Å². The minimum atomic E-state index is -0.0984. The van der Waals surface area contributed by atoms with Crippen LogP contribution in [0, 0.1) is 5.92 Å². The van der Waals surface area contributed by atoms with Gasteiger partial charge in [0, 0.05) is 0 Å². The summed E-state index contributed by atoms with van der Waals surface area (Å²) >= 11 is 5.83. The Morgan fingerprint density at radius 3 is 2.75 bits per heavy atom. The van der Waals surface area contributed by atoms with Crippen molar-refractivity contribution in [2.75, 3.05) is 13.2 Å². The Kier molecular flexibility index (Phi) is 3.69. The van der Waals surface area contributed by atoms with Crippen molar-refractivity contribution >= 4 is 11.6 Å². The zero-order valence-electron chi connectivity index (χ0n) is 8.99. The number of aromatic hydroxyl groups is 1. The first-order chi connectivity index (χ1) is 7.70. The van der Waals surface area contributed by atoms with E-state index in [-0.39, 0.29) is 18.4 Å². The highest BCUT2D eigenvalue weighted by Crippen LogP contribution is 2.30. The maximum absolute atomic E-state index is 9.31. The molecule has 0 radical (unpaired) electrons. The number of hydrogen-bond acceptors (Lipinski definition) is 3. The molecular weight excluding hydrogens is 226 g/mol. The van der Waals surface area contributed by atoms with E-state index in [0.29, 0.717) is 5.02 Å². The molecule has 0 aliphatic heterocycles. The van der Waals surface area contributed by atoms with E-state index in [4.69, 9.17) is 11.6 Å². The van der Waals surface area contributed by atoms with E-state index in [9.17, 15) is 10.2 Å². The Morgan fingerprint density at radius 2 is 2.19 bits per heavy atom. The molecule has 88 valence electrons. The maximum Gasteiger partial charge on any atom is 0.134 e. The predicted molar refractivity (Wildman–Crippen MR) is 63.7 cm³/mol. The van der Waals surface area contributed by atoms with Crippen LogP contribution in [0.5, 0.6) is 5.75 Å². The van der Waals surface area contributed by atoms with Crippen LogP contribution in [0.1, 0.15) is 24.4 Å². The molecule has 0 spiro atoms. The highest BCUT2D eigenvalue weighted by molar-refractivity contribution is 6.32. The predicted octanol–water partition coefficient (Wildman–Crippen LogP) is 2.08. The van der Waals surface area contributed by atoms with Gasteiger partial charge in [-0.3, -0.25) is 0 Å². The number of hydrogen-bond donors (Lipinski definition) is 3. The third-order valence-corrected chi connectivity index (χ3v) is 3.21. The number of nitrogens with one attached hydrogen (secondary N) is 1. The molecular formula is C12H16ClNO2. The Bertz CT molecular complexity index is 366. The van der Waals surface area contributed by atoms with Gasteiger partial charge in [-0.1, -0.05) is 17.7 Å². The molecule has 3 N–H and O–H groups in total. The minimum absolute atomic E-state index is 0.0355. The Labute approximate surface area is 100 Å². The van der Waals surface area contributed by atoms with Gasteiger partial charge in [0.25, 0.3) is 0 Å². The van der Waals surface area contributed by atoms with Crippen molar-refractivity contribution in [3.05, 3.63) is 28.8 Å². The third kappa shape index (κ3) is 2.88. The van der Waals surface area contributed by atoms with E-state index in [2.05, 4.69) is 5.32 Å². The number of phenols is 1. The monoisotopic (exact) mass is 241 g/mol. The second kappa shape index (κ2) is 5.04. The maximum atomic E-state index is 9.31. The number of phenolic OH excluding ortho intramolecular Hbond substituents is 1. The highest BCUT2D eigenvalue weighted by atomic mass is 35.5. The smallest absolute Gasteiger partial charge is 0.134 e. The number of aliphatic hydroxyl groups excluding tert-OH is 1. The van der Waals surface area contributed by atoms with Crippen molar-refractivity contribution in [2.45, 2.75) is 18.9 Å². The Hall–Kier alpha value is -0.770. The van der Waals surface area contributed by atoms with Gasteiger partial charge in [0.2, 0.25) is 0 Å². The Morgan fingerprint density at radius 1 is 1.44 bits per heavy atom. The number of rotatable bonds is 5. The molecule has 2 rings (SSSR count). The largest absolute Gasteiger partial charge is 0.506 e. The molecule has 1 saturated carbocycles. The van der Waals surface area contributed by atoms with Crippen molar-refractivity contribution in [1.29, 1.82) is 0 Å². The molecule has 1 aliphatic rings. The summed E-state index contributed by atoms with van der Waals surface area (Å²) in [6, 6.07) is 4.93. The molecule has 0 bridgehead atoms. The molecule has 0 heterocycles. The molecule has 1 unspecified atom stereocenters. The van der Waals surface area contributed by atoms with Crippen molar-refractivity contribution in [2.24, 2.45) is 5.92 Å². The summed E-state index contributed by atoms with van der Waals surface area (Å²) in [5.74, 6) is 0.839. The summed E-state index contributed by atoms with van der Waals surface area (Å²) in [4.78, 5) is 0. The summed E-state index contributed by atoms with van der Waals surface area (Å²) in [7, 11) is 0. The molecule has 16 heavy (non-hydrogen) atoms. The van der Waals surface area contributed by atoms with Gasteiger partial charge in [0.05, 0.1) is 17.7 Å². The minimum Gasteiger partial charge on any atom is -0.506 e. The van der Waals surface area contributed by atoms with E-state index in [1.54, 1.807) is 18.2 Å². The highest BCUT2D eigenvalue weighted by Gasteiger charge is 2.22. The number of benzene rings is 1. The van der Waals surface area contributed by atoms with Crippen LogP contribution in [-0.2, 0) is 0 Å². The van der Waals surface area contributed by atoms with E-state index in [1.807, 2.05) is 0 Å². The molecule has 1 fully saturated rings. The zero-order chi connectivity index (χ0) is 11.5. The third-order valence-electron chi connectivity index (χ3n) is 2.91. The molecule has 0 amide bonds. The van der Waals surface area contributed by atoms with E-state index < -0.39 is 0 Å². The molecule has 3 nitrogen and oxygen atoms in total. The fourth-order valence-electron chi connectivity index (χ4n) is 1.66. The fourth-order valence-corrected chi connectivity index (χ4v) is 1.85. The lowest BCUT2D eigenvalue weighted by atomic mass is 10.1. The quantitative estimate of drug-likeness (QED) is 0.740. The van der Waals surface area contributed by atoms with Gasteiger partial charge >= 0.3 is 0 Å². The zero-order valence-corrected chi connectivity index (χ0v) is 9.74. The van der Waals surface area contributed by atoms with E-state index >= 15 is 0 Å². The van der Waals surface area contributed by atoms with Gasteiger partial charge in [0.15, 0.2) is 0 Å². The number of aliphatic hydroxyl groups is 1. The lowest BCUT2D eigenvalue weighted by molar-refractivity contribution is 0.243. The van der Waals surface area contributed by atoms with Gasteiger partial charge in [-0.05, 0) is 43.0 Å². The second-order valence-corrected chi connectivity index (χ2v) is 4.70. The van der Waals surface area contributed by atoms with Gasteiger partial charge in [-0.15, -0.1) is 0 Å². The topological polar surface area (TPSA) is 52.5 Å². The summed E-state index contributed by atoms with van der Waals surface area (Å²) in [6.45, 7) is 0.970. The fraction of sp³-hybridized carbons (Fsp3) is 0.500. The Balaban J connectivity index is 2.02. The van der Waals surface area contributed by atoms with Crippen molar-refractivity contribution in [3.8, 4) is 5.75 Å². The lowest BCUT2D eigenvalue weighted by Crippen LogP contribution is -2.26.